The molecule has 0 amide bonds. The summed E-state index contributed by atoms with van der Waals surface area (Å²) in [6.45, 7) is 0. The monoisotopic (exact) mass is 427 g/mol. The van der Waals surface area contributed by atoms with E-state index in [0.717, 1.165) is 4.47 Å². The molecule has 6 rings (SSSR count). The molecule has 0 unspecified atom stereocenters. The molecular formula is C24H14BrNS. The van der Waals surface area contributed by atoms with Gasteiger partial charge in [-0.25, -0.2) is 0 Å². The predicted octanol–water partition coefficient (Wildman–Crippen LogP) is 7.91. The Morgan fingerprint density at radius 2 is 1.48 bits per heavy atom. The van der Waals surface area contributed by atoms with E-state index in [0.29, 0.717) is 0 Å². The summed E-state index contributed by atoms with van der Waals surface area (Å²) < 4.78 is 6.19. The highest BCUT2D eigenvalue weighted by Crippen LogP contribution is 2.43. The van der Waals surface area contributed by atoms with Crippen molar-refractivity contribution in [2.45, 2.75) is 0 Å². The molecule has 0 saturated heterocycles. The first-order valence-corrected chi connectivity index (χ1v) is 10.5. The summed E-state index contributed by atoms with van der Waals surface area (Å²) in [6, 6.07) is 30.5. The van der Waals surface area contributed by atoms with Gasteiger partial charge in [-0.2, -0.15) is 0 Å². The fraction of sp³-hybridized carbons (Fsp3) is 0. The van der Waals surface area contributed by atoms with Gasteiger partial charge in [0.05, 0.1) is 11.0 Å². The van der Waals surface area contributed by atoms with Gasteiger partial charge in [-0.1, -0.05) is 64.5 Å². The fourth-order valence-electron chi connectivity index (χ4n) is 4.13. The molecule has 2 heterocycles. The lowest BCUT2D eigenvalue weighted by Crippen LogP contribution is -1.93. The van der Waals surface area contributed by atoms with E-state index in [9.17, 15) is 0 Å². The number of aromatic nitrogens is 1. The fourth-order valence-corrected chi connectivity index (χ4v) is 5.77. The molecule has 0 saturated carbocycles. The van der Waals surface area contributed by atoms with Gasteiger partial charge in [-0.3, -0.25) is 0 Å². The zero-order valence-electron chi connectivity index (χ0n) is 14.3. The third kappa shape index (κ3) is 2.16. The highest BCUT2D eigenvalue weighted by atomic mass is 79.9. The molecule has 0 aliphatic rings. The lowest BCUT2D eigenvalue weighted by atomic mass is 10.1. The molecule has 0 aliphatic carbocycles. The molecule has 0 N–H and O–H groups in total. The second kappa shape index (κ2) is 5.69. The first-order chi connectivity index (χ1) is 13.3. The number of hydrogen-bond acceptors (Lipinski definition) is 1. The van der Waals surface area contributed by atoms with E-state index in [2.05, 4.69) is 105 Å². The number of halogens is 1. The summed E-state index contributed by atoms with van der Waals surface area (Å²) in [7, 11) is 0. The number of fused-ring (bicyclic) bond motifs is 7. The molecule has 0 atom stereocenters. The van der Waals surface area contributed by atoms with Crippen LogP contribution in [0.25, 0.3) is 47.7 Å². The minimum atomic E-state index is 1.09. The highest BCUT2D eigenvalue weighted by molar-refractivity contribution is 9.10. The summed E-state index contributed by atoms with van der Waals surface area (Å²) in [4.78, 5) is 0. The van der Waals surface area contributed by atoms with Crippen molar-refractivity contribution in [1.29, 1.82) is 0 Å². The third-order valence-corrected chi connectivity index (χ3v) is 6.94. The van der Waals surface area contributed by atoms with Crippen molar-refractivity contribution in [1.82, 2.24) is 4.57 Å². The van der Waals surface area contributed by atoms with Crippen LogP contribution in [0.2, 0.25) is 0 Å². The molecular weight excluding hydrogens is 414 g/mol. The van der Waals surface area contributed by atoms with Gasteiger partial charge in [0.15, 0.2) is 0 Å². The summed E-state index contributed by atoms with van der Waals surface area (Å²) in [5, 5.41) is 5.35. The molecule has 4 aromatic carbocycles. The average Bonchev–Trinajstić information content (AvgIpc) is 3.23. The quantitative estimate of drug-likeness (QED) is 0.251. The average molecular weight is 428 g/mol. The Balaban J connectivity index is 1.87. The summed E-state index contributed by atoms with van der Waals surface area (Å²) in [5.74, 6) is 0. The molecule has 0 spiro atoms. The normalized spacial score (nSPS) is 11.9. The molecule has 0 fully saturated rings. The number of hydrogen-bond donors (Lipinski definition) is 0. The standard InChI is InChI=1S/C24H14BrNS/c25-15-6-5-7-16(14-15)26-20-10-3-1-9-19(20)23-21(26)13-12-18-17-8-2-4-11-22(17)27-24(18)23/h1-14H. The number of thiophene rings is 1. The maximum absolute atomic E-state index is 3.63. The van der Waals surface area contributed by atoms with E-state index in [-0.39, 0.29) is 0 Å². The third-order valence-electron chi connectivity index (χ3n) is 5.25. The summed E-state index contributed by atoms with van der Waals surface area (Å²) in [5.41, 5.74) is 3.68. The minimum Gasteiger partial charge on any atom is -0.309 e. The molecule has 6 aromatic rings. The molecule has 3 heteroatoms. The second-order valence-corrected chi connectivity index (χ2v) is 8.73. The van der Waals surface area contributed by atoms with E-state index < -0.39 is 0 Å². The zero-order valence-corrected chi connectivity index (χ0v) is 16.7. The topological polar surface area (TPSA) is 4.93 Å². The van der Waals surface area contributed by atoms with Crippen molar-refractivity contribution in [3.8, 4) is 5.69 Å². The van der Waals surface area contributed by atoms with Crippen molar-refractivity contribution in [2.24, 2.45) is 0 Å². The van der Waals surface area contributed by atoms with Gasteiger partial charge in [0, 0.05) is 41.1 Å². The lowest BCUT2D eigenvalue weighted by molar-refractivity contribution is 1.18. The second-order valence-electron chi connectivity index (χ2n) is 6.77. The van der Waals surface area contributed by atoms with Crippen LogP contribution in [0, 0.1) is 0 Å². The van der Waals surface area contributed by atoms with Crippen LogP contribution in [0.1, 0.15) is 0 Å². The Kier molecular flexibility index (Phi) is 3.25. The van der Waals surface area contributed by atoms with Crippen LogP contribution < -0.4 is 0 Å². The van der Waals surface area contributed by atoms with E-state index in [4.69, 9.17) is 0 Å². The van der Waals surface area contributed by atoms with E-state index in [1.165, 1.54) is 47.7 Å². The zero-order chi connectivity index (χ0) is 18.0. The molecule has 27 heavy (non-hydrogen) atoms. The van der Waals surface area contributed by atoms with Gasteiger partial charge in [0.1, 0.15) is 0 Å². The van der Waals surface area contributed by atoms with Crippen LogP contribution >= 0.6 is 27.3 Å². The smallest absolute Gasteiger partial charge is 0.0555 e. The maximum Gasteiger partial charge on any atom is 0.0555 e. The first-order valence-electron chi connectivity index (χ1n) is 8.90. The first kappa shape index (κ1) is 15.4. The van der Waals surface area contributed by atoms with Crippen molar-refractivity contribution in [3.05, 3.63) is 89.4 Å². The van der Waals surface area contributed by atoms with Crippen LogP contribution in [-0.4, -0.2) is 4.57 Å². The Labute approximate surface area is 168 Å². The van der Waals surface area contributed by atoms with E-state index >= 15 is 0 Å². The lowest BCUT2D eigenvalue weighted by Gasteiger charge is -2.08. The van der Waals surface area contributed by atoms with Crippen LogP contribution in [0.4, 0.5) is 0 Å². The van der Waals surface area contributed by atoms with Gasteiger partial charge < -0.3 is 4.57 Å². The van der Waals surface area contributed by atoms with Gasteiger partial charge in [0.2, 0.25) is 0 Å². The van der Waals surface area contributed by atoms with Crippen molar-refractivity contribution >= 4 is 69.2 Å². The molecule has 1 nitrogen and oxygen atoms in total. The molecule has 2 aromatic heterocycles. The van der Waals surface area contributed by atoms with Crippen molar-refractivity contribution < 1.29 is 0 Å². The summed E-state index contributed by atoms with van der Waals surface area (Å²) >= 11 is 5.52. The number of para-hydroxylation sites is 1. The van der Waals surface area contributed by atoms with Gasteiger partial charge in [-0.15, -0.1) is 11.3 Å². The molecule has 0 radical (unpaired) electrons. The Hall–Kier alpha value is -2.62. The number of nitrogens with zero attached hydrogens (tertiary/aromatic N) is 1. The highest BCUT2D eigenvalue weighted by Gasteiger charge is 2.16. The van der Waals surface area contributed by atoms with Crippen LogP contribution in [0.15, 0.2) is 89.4 Å². The predicted molar refractivity (Wildman–Crippen MR) is 121 cm³/mol. The van der Waals surface area contributed by atoms with E-state index in [1.807, 2.05) is 11.3 Å². The number of rotatable bonds is 1. The Morgan fingerprint density at radius 3 is 2.37 bits per heavy atom. The molecule has 0 aliphatic heterocycles. The van der Waals surface area contributed by atoms with Gasteiger partial charge in [-0.05, 0) is 36.4 Å². The van der Waals surface area contributed by atoms with Crippen LogP contribution in [0.3, 0.4) is 0 Å². The minimum absolute atomic E-state index is 1.09. The van der Waals surface area contributed by atoms with Crippen molar-refractivity contribution in [2.75, 3.05) is 0 Å². The maximum atomic E-state index is 3.63. The SMILES string of the molecule is Brc1cccc(-n2c3ccccc3c3c4sc5ccccc5c4ccc32)c1. The van der Waals surface area contributed by atoms with E-state index in [1.54, 1.807) is 0 Å². The molecule has 0 bridgehead atoms. The largest absolute Gasteiger partial charge is 0.309 e. The van der Waals surface area contributed by atoms with Crippen LogP contribution in [-0.2, 0) is 0 Å². The van der Waals surface area contributed by atoms with Gasteiger partial charge >= 0.3 is 0 Å². The Bertz CT molecular complexity index is 1490. The number of benzene rings is 4. The van der Waals surface area contributed by atoms with Crippen molar-refractivity contribution in [3.63, 3.8) is 0 Å². The van der Waals surface area contributed by atoms with Crippen LogP contribution in [0.5, 0.6) is 0 Å². The van der Waals surface area contributed by atoms with Gasteiger partial charge in [0.25, 0.3) is 0 Å². The molecule has 128 valence electrons. The summed E-state index contributed by atoms with van der Waals surface area (Å²) in [6.07, 6.45) is 0. The Morgan fingerprint density at radius 1 is 0.667 bits per heavy atom.